The molecule has 2 aromatic rings. The molecule has 3 rings (SSSR count). The molecular weight excluding hydrogens is 349 g/mol. The quantitative estimate of drug-likeness (QED) is 0.847. The average molecular weight is 373 g/mol. The van der Waals surface area contributed by atoms with Crippen LogP contribution >= 0.6 is 0 Å². The average Bonchev–Trinajstić information content (AvgIpc) is 2.93. The summed E-state index contributed by atoms with van der Waals surface area (Å²) in [5.74, 6) is -0.728. The Balaban J connectivity index is 2.18. The monoisotopic (exact) mass is 373 g/mol. The number of hydrogen-bond acceptors (Lipinski definition) is 3. The first kappa shape index (κ1) is 18.9. The summed E-state index contributed by atoms with van der Waals surface area (Å²) in [5, 5.41) is 7.53. The molecule has 1 aliphatic heterocycles. The molecule has 3 N–H and O–H groups in total. The molecule has 1 atom stereocenters. The maximum atomic E-state index is 13.8. The Hall–Kier alpha value is -2.90. The summed E-state index contributed by atoms with van der Waals surface area (Å²) in [6.07, 6.45) is 0. The SMILES string of the molecule is CC1CN(C(N)=O)Cc2c(C(=O)NC(C)(C)C)c(-c3cccc(F)c3)nn21. The minimum atomic E-state index is -0.552. The van der Waals surface area contributed by atoms with Gasteiger partial charge in [-0.2, -0.15) is 5.10 Å². The van der Waals surface area contributed by atoms with E-state index >= 15 is 0 Å². The number of hydrogen-bond donors (Lipinski definition) is 2. The number of nitrogens with two attached hydrogens (primary N) is 1. The third-order valence-electron chi connectivity index (χ3n) is 4.38. The van der Waals surface area contributed by atoms with Crippen LogP contribution in [0.2, 0.25) is 0 Å². The van der Waals surface area contributed by atoms with Crippen molar-refractivity contribution >= 4 is 11.9 Å². The van der Waals surface area contributed by atoms with Crippen molar-refractivity contribution in [2.75, 3.05) is 6.54 Å². The van der Waals surface area contributed by atoms with Crippen LogP contribution in [0.25, 0.3) is 11.3 Å². The summed E-state index contributed by atoms with van der Waals surface area (Å²) >= 11 is 0. The highest BCUT2D eigenvalue weighted by molar-refractivity contribution is 6.01. The van der Waals surface area contributed by atoms with Crippen LogP contribution in [0.15, 0.2) is 24.3 Å². The summed E-state index contributed by atoms with van der Waals surface area (Å²) < 4.78 is 15.5. The molecule has 8 heteroatoms. The van der Waals surface area contributed by atoms with E-state index < -0.39 is 17.4 Å². The second kappa shape index (κ2) is 6.68. The molecule has 0 spiro atoms. The Labute approximate surface area is 157 Å². The number of carbonyl (C=O) groups excluding carboxylic acids is 2. The van der Waals surface area contributed by atoms with E-state index in [0.717, 1.165) is 0 Å². The molecule has 1 aromatic heterocycles. The van der Waals surface area contributed by atoms with Gasteiger partial charge in [0, 0.05) is 17.6 Å². The van der Waals surface area contributed by atoms with Crippen molar-refractivity contribution in [3.63, 3.8) is 0 Å². The van der Waals surface area contributed by atoms with Crippen LogP contribution in [-0.4, -0.2) is 38.7 Å². The lowest BCUT2D eigenvalue weighted by Gasteiger charge is -2.31. The van der Waals surface area contributed by atoms with E-state index in [0.29, 0.717) is 29.1 Å². The first-order valence-electron chi connectivity index (χ1n) is 8.81. The zero-order chi connectivity index (χ0) is 19.9. The van der Waals surface area contributed by atoms with Crippen LogP contribution in [0, 0.1) is 5.82 Å². The predicted molar refractivity (Wildman–Crippen MR) is 99.5 cm³/mol. The molecule has 0 aliphatic carbocycles. The van der Waals surface area contributed by atoms with Gasteiger partial charge >= 0.3 is 6.03 Å². The lowest BCUT2D eigenvalue weighted by molar-refractivity contribution is 0.0916. The van der Waals surface area contributed by atoms with Crippen molar-refractivity contribution in [3.05, 3.63) is 41.3 Å². The number of carbonyl (C=O) groups is 2. The van der Waals surface area contributed by atoms with E-state index in [1.54, 1.807) is 16.8 Å². The number of nitrogens with zero attached hydrogens (tertiary/aromatic N) is 3. The molecule has 0 saturated heterocycles. The largest absolute Gasteiger partial charge is 0.351 e. The topological polar surface area (TPSA) is 93.2 Å². The highest BCUT2D eigenvalue weighted by atomic mass is 19.1. The third kappa shape index (κ3) is 3.79. The number of halogens is 1. The van der Waals surface area contributed by atoms with Crippen molar-refractivity contribution in [2.24, 2.45) is 5.73 Å². The van der Waals surface area contributed by atoms with Crippen LogP contribution in [0.1, 0.15) is 49.8 Å². The number of primary amides is 1. The van der Waals surface area contributed by atoms with Crippen molar-refractivity contribution in [3.8, 4) is 11.3 Å². The van der Waals surface area contributed by atoms with Crippen LogP contribution in [0.4, 0.5) is 9.18 Å². The van der Waals surface area contributed by atoms with Crippen molar-refractivity contribution in [1.29, 1.82) is 0 Å². The highest BCUT2D eigenvalue weighted by Crippen LogP contribution is 2.32. The van der Waals surface area contributed by atoms with Crippen LogP contribution in [0.3, 0.4) is 0 Å². The summed E-state index contributed by atoms with van der Waals surface area (Å²) in [5.41, 5.74) is 6.83. The second-order valence-corrected chi connectivity index (χ2v) is 7.90. The Morgan fingerprint density at radius 2 is 2.04 bits per heavy atom. The number of nitrogens with one attached hydrogen (secondary N) is 1. The Morgan fingerprint density at radius 1 is 1.33 bits per heavy atom. The van der Waals surface area contributed by atoms with E-state index in [2.05, 4.69) is 10.4 Å². The van der Waals surface area contributed by atoms with Crippen molar-refractivity contribution in [1.82, 2.24) is 20.0 Å². The summed E-state index contributed by atoms with van der Waals surface area (Å²) in [6, 6.07) is 5.26. The van der Waals surface area contributed by atoms with Gasteiger partial charge in [-0.25, -0.2) is 9.18 Å². The van der Waals surface area contributed by atoms with Crippen LogP contribution in [0.5, 0.6) is 0 Å². The van der Waals surface area contributed by atoms with E-state index in [1.165, 1.54) is 17.0 Å². The van der Waals surface area contributed by atoms with Crippen LogP contribution < -0.4 is 11.1 Å². The van der Waals surface area contributed by atoms with E-state index in [4.69, 9.17) is 5.73 Å². The van der Waals surface area contributed by atoms with Crippen molar-refractivity contribution in [2.45, 2.75) is 45.8 Å². The summed E-state index contributed by atoms with van der Waals surface area (Å²) in [6.45, 7) is 8.09. The first-order valence-corrected chi connectivity index (χ1v) is 8.81. The minimum absolute atomic E-state index is 0.162. The molecule has 0 fully saturated rings. The number of urea groups is 1. The van der Waals surface area contributed by atoms with Gasteiger partial charge in [-0.1, -0.05) is 12.1 Å². The number of rotatable bonds is 2. The van der Waals surface area contributed by atoms with Crippen LogP contribution in [-0.2, 0) is 6.54 Å². The zero-order valence-electron chi connectivity index (χ0n) is 15.9. The molecule has 0 bridgehead atoms. The molecule has 2 heterocycles. The fraction of sp³-hybridized carbons (Fsp3) is 0.421. The first-order chi connectivity index (χ1) is 12.6. The molecule has 1 aromatic carbocycles. The van der Waals surface area contributed by atoms with E-state index in [1.807, 2.05) is 27.7 Å². The third-order valence-corrected chi connectivity index (χ3v) is 4.38. The zero-order valence-corrected chi connectivity index (χ0v) is 15.9. The van der Waals surface area contributed by atoms with E-state index in [9.17, 15) is 14.0 Å². The van der Waals surface area contributed by atoms with Gasteiger partial charge in [0.15, 0.2) is 0 Å². The van der Waals surface area contributed by atoms with E-state index in [-0.39, 0.29) is 18.5 Å². The number of amides is 3. The van der Waals surface area contributed by atoms with Gasteiger partial charge in [-0.15, -0.1) is 0 Å². The Bertz CT molecular complexity index is 900. The summed E-state index contributed by atoms with van der Waals surface area (Å²) in [7, 11) is 0. The minimum Gasteiger partial charge on any atom is -0.351 e. The fourth-order valence-corrected chi connectivity index (χ4v) is 3.27. The van der Waals surface area contributed by atoms with Gasteiger partial charge in [-0.3, -0.25) is 9.48 Å². The molecular formula is C19H24FN5O2. The molecule has 144 valence electrons. The molecule has 3 amide bonds. The fourth-order valence-electron chi connectivity index (χ4n) is 3.27. The van der Waals surface area contributed by atoms with Gasteiger partial charge in [0.1, 0.15) is 11.5 Å². The predicted octanol–water partition coefficient (Wildman–Crippen LogP) is 2.67. The maximum absolute atomic E-state index is 13.8. The highest BCUT2D eigenvalue weighted by Gasteiger charge is 2.33. The van der Waals surface area contributed by atoms with Gasteiger partial charge in [-0.05, 0) is 39.8 Å². The lowest BCUT2D eigenvalue weighted by atomic mass is 10.0. The van der Waals surface area contributed by atoms with Gasteiger partial charge < -0.3 is 16.0 Å². The maximum Gasteiger partial charge on any atom is 0.315 e. The molecule has 1 unspecified atom stereocenters. The Morgan fingerprint density at radius 3 is 2.63 bits per heavy atom. The standard InChI is InChI=1S/C19H24FN5O2/c1-11-9-24(18(21)27)10-14-15(17(26)22-19(2,3)4)16(23-25(11)14)12-6-5-7-13(20)8-12/h5-8,11H,9-10H2,1-4H3,(H2,21,27)(H,22,26). The number of aromatic nitrogens is 2. The smallest absolute Gasteiger partial charge is 0.315 e. The lowest BCUT2D eigenvalue weighted by Crippen LogP contribution is -2.45. The molecule has 7 nitrogen and oxygen atoms in total. The molecule has 0 saturated carbocycles. The van der Waals surface area contributed by atoms with Crippen molar-refractivity contribution < 1.29 is 14.0 Å². The second-order valence-electron chi connectivity index (χ2n) is 7.90. The molecule has 1 aliphatic rings. The molecule has 0 radical (unpaired) electrons. The van der Waals surface area contributed by atoms with Gasteiger partial charge in [0.25, 0.3) is 5.91 Å². The molecule has 27 heavy (non-hydrogen) atoms. The number of fused-ring (bicyclic) bond motifs is 1. The van der Waals surface area contributed by atoms with Gasteiger partial charge in [0.05, 0.1) is 23.8 Å². The van der Waals surface area contributed by atoms with Gasteiger partial charge in [0.2, 0.25) is 0 Å². The normalized spacial score (nSPS) is 16.8. The number of benzene rings is 1. The Kier molecular flexibility index (Phi) is 4.67. The summed E-state index contributed by atoms with van der Waals surface area (Å²) in [4.78, 5) is 26.2.